The third kappa shape index (κ3) is 8.34. The highest BCUT2D eigenvalue weighted by atomic mass is 16.7. The molecule has 1 aromatic carbocycles. The zero-order valence-electron chi connectivity index (χ0n) is 30.0. The molecule has 1 aromatic rings. The molecule has 0 bridgehead atoms. The highest BCUT2D eigenvalue weighted by Crippen LogP contribution is 2.42. The second-order valence-electron chi connectivity index (χ2n) is 17.3. The van der Waals surface area contributed by atoms with E-state index in [9.17, 15) is 9.59 Å². The van der Waals surface area contributed by atoms with Gasteiger partial charge in [0.2, 0.25) is 0 Å². The molecule has 2 saturated carbocycles. The molecule has 2 saturated heterocycles. The van der Waals surface area contributed by atoms with Gasteiger partial charge in [-0.05, 0) is 131 Å². The summed E-state index contributed by atoms with van der Waals surface area (Å²) in [5.41, 5.74) is 0.313. The molecule has 0 unspecified atom stereocenters. The number of hydrogen-bond donors (Lipinski definition) is 2. The number of hydroxylamine groups is 4. The molecular weight excluding hydrogens is 576 g/mol. The summed E-state index contributed by atoms with van der Waals surface area (Å²) in [7, 11) is 0. The molecule has 4 aliphatic rings. The first-order valence-corrected chi connectivity index (χ1v) is 18.2. The summed E-state index contributed by atoms with van der Waals surface area (Å²) in [6, 6.07) is 7.16. The third-order valence-electron chi connectivity index (χ3n) is 10.9. The van der Waals surface area contributed by atoms with Crippen molar-refractivity contribution in [2.75, 3.05) is 0 Å². The van der Waals surface area contributed by atoms with Crippen LogP contribution in [0.5, 0.6) is 0 Å². The summed E-state index contributed by atoms with van der Waals surface area (Å²) < 4.78 is 0. The molecule has 2 aliphatic carbocycles. The van der Waals surface area contributed by atoms with Gasteiger partial charge in [-0.15, -0.1) is 0 Å². The third-order valence-corrected chi connectivity index (χ3v) is 10.9. The first-order chi connectivity index (χ1) is 21.6. The van der Waals surface area contributed by atoms with Crippen LogP contribution in [0.25, 0.3) is 0 Å². The fourth-order valence-corrected chi connectivity index (χ4v) is 9.25. The van der Waals surface area contributed by atoms with Crippen molar-refractivity contribution in [1.82, 2.24) is 20.8 Å². The standard InChI is InChI=1S/C38H62N4O4/c1-35(2)23-29(24-36(3,4)41(35)45-31-15-11-9-12-16-31)39-33(43)27-19-21-28(22-20-27)34(44)40-30-25-37(5,6)42(38(7,8)26-30)46-32-17-13-10-14-18-32/h19-22,29-32H,9-18,23-26H2,1-8H3,(H,39,43)(H,40,44). The number of benzene rings is 1. The van der Waals surface area contributed by atoms with Crippen LogP contribution < -0.4 is 10.6 Å². The average molecular weight is 639 g/mol. The van der Waals surface area contributed by atoms with Crippen LogP contribution in [-0.2, 0) is 9.68 Å². The second-order valence-corrected chi connectivity index (χ2v) is 17.3. The number of nitrogens with zero attached hydrogens (tertiary/aromatic N) is 2. The molecule has 0 atom stereocenters. The van der Waals surface area contributed by atoms with E-state index in [1.807, 2.05) is 0 Å². The predicted octanol–water partition coefficient (Wildman–Crippen LogP) is 7.72. The molecule has 8 nitrogen and oxygen atoms in total. The summed E-state index contributed by atoms with van der Waals surface area (Å²) in [5.74, 6) is -0.196. The Hall–Kier alpha value is -2.00. The van der Waals surface area contributed by atoms with Crippen molar-refractivity contribution in [2.24, 2.45) is 0 Å². The highest BCUT2D eigenvalue weighted by molar-refractivity contribution is 5.98. The summed E-state index contributed by atoms with van der Waals surface area (Å²) in [5, 5.41) is 11.0. The lowest BCUT2D eigenvalue weighted by Gasteiger charge is -2.55. The van der Waals surface area contributed by atoms with Crippen LogP contribution in [-0.4, -0.2) is 68.4 Å². The van der Waals surface area contributed by atoms with Crippen molar-refractivity contribution in [1.29, 1.82) is 0 Å². The van der Waals surface area contributed by atoms with Gasteiger partial charge in [-0.3, -0.25) is 19.3 Å². The van der Waals surface area contributed by atoms with Crippen LogP contribution in [0, 0.1) is 0 Å². The van der Waals surface area contributed by atoms with E-state index in [0.29, 0.717) is 23.3 Å². The number of nitrogens with one attached hydrogen (secondary N) is 2. The molecule has 4 fully saturated rings. The maximum absolute atomic E-state index is 13.4. The van der Waals surface area contributed by atoms with Crippen molar-refractivity contribution < 1.29 is 19.3 Å². The summed E-state index contributed by atoms with van der Waals surface area (Å²) >= 11 is 0. The minimum absolute atomic E-state index is 0.0337. The molecule has 0 spiro atoms. The van der Waals surface area contributed by atoms with Crippen molar-refractivity contribution in [2.45, 2.75) is 192 Å². The molecule has 258 valence electrons. The van der Waals surface area contributed by atoms with Gasteiger partial charge in [-0.1, -0.05) is 38.5 Å². The van der Waals surface area contributed by atoms with E-state index in [4.69, 9.17) is 9.68 Å². The Bertz CT molecular complexity index is 1070. The molecule has 2 N–H and O–H groups in total. The Labute approximate surface area is 278 Å². The van der Waals surface area contributed by atoms with E-state index in [2.05, 4.69) is 76.1 Å². The van der Waals surface area contributed by atoms with E-state index < -0.39 is 0 Å². The largest absolute Gasteiger partial charge is 0.349 e. The van der Waals surface area contributed by atoms with E-state index >= 15 is 0 Å². The Morgan fingerprint density at radius 2 is 0.826 bits per heavy atom. The van der Waals surface area contributed by atoms with Gasteiger partial charge in [0.25, 0.3) is 11.8 Å². The zero-order valence-corrected chi connectivity index (χ0v) is 30.0. The molecule has 2 aliphatic heterocycles. The van der Waals surface area contributed by atoms with Crippen LogP contribution in [0.4, 0.5) is 0 Å². The lowest BCUT2D eigenvalue weighted by molar-refractivity contribution is -0.310. The summed E-state index contributed by atoms with van der Waals surface area (Å²) in [4.78, 5) is 40.0. The first-order valence-electron chi connectivity index (χ1n) is 18.2. The normalized spacial score (nSPS) is 26.4. The topological polar surface area (TPSA) is 83.1 Å². The fourth-order valence-electron chi connectivity index (χ4n) is 9.25. The molecule has 46 heavy (non-hydrogen) atoms. The second kappa shape index (κ2) is 13.9. The van der Waals surface area contributed by atoms with Gasteiger partial charge in [0.05, 0.1) is 12.2 Å². The van der Waals surface area contributed by atoms with Crippen LogP contribution >= 0.6 is 0 Å². The lowest BCUT2D eigenvalue weighted by atomic mass is 9.78. The molecule has 5 rings (SSSR count). The zero-order chi connectivity index (χ0) is 33.3. The van der Waals surface area contributed by atoms with Gasteiger partial charge in [0, 0.05) is 45.4 Å². The molecule has 0 radical (unpaired) electrons. The van der Waals surface area contributed by atoms with E-state index in [1.54, 1.807) is 24.3 Å². The maximum Gasteiger partial charge on any atom is 0.251 e. The number of amides is 2. The van der Waals surface area contributed by atoms with Gasteiger partial charge >= 0.3 is 0 Å². The van der Waals surface area contributed by atoms with Gasteiger partial charge in [-0.25, -0.2) is 0 Å². The van der Waals surface area contributed by atoms with Crippen LogP contribution in [0.1, 0.15) is 166 Å². The van der Waals surface area contributed by atoms with Gasteiger partial charge in [-0.2, -0.15) is 10.1 Å². The molecule has 2 heterocycles. The quantitative estimate of drug-likeness (QED) is 0.303. The minimum atomic E-state index is -0.208. The van der Waals surface area contributed by atoms with Crippen LogP contribution in [0.3, 0.4) is 0 Å². The van der Waals surface area contributed by atoms with E-state index in [-0.39, 0.29) is 46.1 Å². The smallest absolute Gasteiger partial charge is 0.251 e. The number of hydrogen-bond acceptors (Lipinski definition) is 6. The van der Waals surface area contributed by atoms with Crippen LogP contribution in [0.2, 0.25) is 0 Å². The summed E-state index contributed by atoms with van der Waals surface area (Å²) in [6.45, 7) is 17.8. The van der Waals surface area contributed by atoms with Crippen LogP contribution in [0.15, 0.2) is 24.3 Å². The minimum Gasteiger partial charge on any atom is -0.349 e. The van der Waals surface area contributed by atoms with E-state index in [1.165, 1.54) is 38.5 Å². The Morgan fingerprint density at radius 1 is 0.543 bits per heavy atom. The van der Waals surface area contributed by atoms with Gasteiger partial charge in [0.1, 0.15) is 0 Å². The maximum atomic E-state index is 13.4. The Balaban J connectivity index is 1.15. The Morgan fingerprint density at radius 3 is 1.11 bits per heavy atom. The number of rotatable bonds is 8. The lowest BCUT2D eigenvalue weighted by Crippen LogP contribution is -2.64. The highest BCUT2D eigenvalue weighted by Gasteiger charge is 2.49. The molecule has 8 heteroatoms. The number of piperidine rings is 2. The number of carbonyl (C=O) groups excluding carboxylic acids is 2. The Kier molecular flexibility index (Phi) is 10.6. The van der Waals surface area contributed by atoms with Gasteiger partial charge in [0.15, 0.2) is 0 Å². The molecule has 0 aromatic heterocycles. The number of carbonyl (C=O) groups is 2. The SMILES string of the molecule is CC1(C)CC(NC(=O)c2ccc(C(=O)NC3CC(C)(C)N(OC4CCCCC4)C(C)(C)C3)cc2)CC(C)(C)N1OC1CCCCC1. The average Bonchev–Trinajstić information content (AvgIpc) is 2.97. The van der Waals surface area contributed by atoms with Crippen molar-refractivity contribution >= 4 is 11.8 Å². The fraction of sp³-hybridized carbons (Fsp3) is 0.789. The molecule has 2 amide bonds. The summed E-state index contributed by atoms with van der Waals surface area (Å²) in [6.07, 6.45) is 15.9. The monoisotopic (exact) mass is 638 g/mol. The van der Waals surface area contributed by atoms with Crippen molar-refractivity contribution in [3.05, 3.63) is 35.4 Å². The molecular formula is C38H62N4O4. The predicted molar refractivity (Wildman–Crippen MR) is 183 cm³/mol. The van der Waals surface area contributed by atoms with E-state index in [0.717, 1.165) is 51.4 Å². The van der Waals surface area contributed by atoms with Crippen molar-refractivity contribution in [3.63, 3.8) is 0 Å². The van der Waals surface area contributed by atoms with Crippen molar-refractivity contribution in [3.8, 4) is 0 Å². The first kappa shape index (κ1) is 35.3. The van der Waals surface area contributed by atoms with Gasteiger partial charge < -0.3 is 10.6 Å².